The molecule has 1 saturated heterocycles. The Balaban J connectivity index is 0.00000121. The largest absolute Gasteiger partial charge is 0.341 e. The van der Waals surface area contributed by atoms with Gasteiger partial charge >= 0.3 is 0 Å². The van der Waals surface area contributed by atoms with Crippen molar-refractivity contribution >= 4 is 53.5 Å². The van der Waals surface area contributed by atoms with E-state index in [-0.39, 0.29) is 36.8 Å². The van der Waals surface area contributed by atoms with Gasteiger partial charge in [-0.1, -0.05) is 12.1 Å². The van der Waals surface area contributed by atoms with Crippen molar-refractivity contribution in [1.29, 1.82) is 0 Å². The number of likely N-dealkylation sites (tertiary alicyclic amines) is 1. The molecule has 2 N–H and O–H groups in total. The molecule has 4 rings (SSSR count). The number of benzene rings is 1. The Hall–Kier alpha value is -0.950. The Morgan fingerprint density at radius 1 is 1.27 bits per heavy atom. The molecule has 3 atom stereocenters. The van der Waals surface area contributed by atoms with Crippen molar-refractivity contribution in [2.24, 2.45) is 17.6 Å². The number of imidazole rings is 1. The highest BCUT2D eigenvalue weighted by Gasteiger charge is 2.42. The van der Waals surface area contributed by atoms with Crippen LogP contribution in [0, 0.1) is 11.8 Å². The first-order chi connectivity index (χ1) is 11.7. The summed E-state index contributed by atoms with van der Waals surface area (Å²) in [5, 5.41) is 0. The third-order valence-corrected chi connectivity index (χ3v) is 6.11. The molecular weight excluding hydrogens is 391 g/mol. The summed E-state index contributed by atoms with van der Waals surface area (Å²) in [6.45, 7) is 2.09. The van der Waals surface area contributed by atoms with E-state index >= 15 is 0 Å². The standard InChI is InChI=1S/C18H24N4OS.2ClH/c1-24-11-17-20-15-4-2-3-5-16(15)22(17)10-18(23)21-8-12-6-7-14(19)13(12)9-21;;/h2-5,12-14H,6-11,19H2,1H3;2*1H. The average molecular weight is 417 g/mol. The van der Waals surface area contributed by atoms with Gasteiger partial charge < -0.3 is 15.2 Å². The molecule has 1 aromatic heterocycles. The van der Waals surface area contributed by atoms with Crippen molar-refractivity contribution in [2.45, 2.75) is 31.2 Å². The minimum absolute atomic E-state index is 0. The van der Waals surface area contributed by atoms with Gasteiger partial charge in [-0.15, -0.1) is 24.8 Å². The predicted molar refractivity (Wildman–Crippen MR) is 112 cm³/mol. The second-order valence-electron chi connectivity index (χ2n) is 7.00. The summed E-state index contributed by atoms with van der Waals surface area (Å²) in [5.74, 6) is 3.10. The first-order valence-corrected chi connectivity index (χ1v) is 10.0. The molecule has 2 fully saturated rings. The molecule has 0 radical (unpaired) electrons. The van der Waals surface area contributed by atoms with Crippen LogP contribution in [0.15, 0.2) is 24.3 Å². The summed E-state index contributed by atoms with van der Waals surface area (Å²) in [7, 11) is 0. The van der Waals surface area contributed by atoms with Crippen LogP contribution in [0.3, 0.4) is 0 Å². The molecule has 144 valence electrons. The first kappa shape index (κ1) is 21.4. The Bertz CT molecular complexity index is 769. The lowest BCUT2D eigenvalue weighted by Crippen LogP contribution is -2.35. The van der Waals surface area contributed by atoms with Crippen LogP contribution in [-0.2, 0) is 17.1 Å². The van der Waals surface area contributed by atoms with Crippen molar-refractivity contribution in [3.8, 4) is 0 Å². The number of hydrogen-bond donors (Lipinski definition) is 1. The van der Waals surface area contributed by atoms with Crippen molar-refractivity contribution in [2.75, 3.05) is 19.3 Å². The van der Waals surface area contributed by atoms with E-state index in [0.717, 1.165) is 42.1 Å². The Morgan fingerprint density at radius 2 is 2.04 bits per heavy atom. The Kier molecular flexibility index (Phi) is 7.25. The van der Waals surface area contributed by atoms with Gasteiger partial charge in [-0.3, -0.25) is 4.79 Å². The van der Waals surface area contributed by atoms with Crippen LogP contribution in [0.5, 0.6) is 0 Å². The van der Waals surface area contributed by atoms with Crippen LogP contribution in [0.25, 0.3) is 11.0 Å². The van der Waals surface area contributed by atoms with Gasteiger partial charge in [0.2, 0.25) is 5.91 Å². The molecule has 5 nitrogen and oxygen atoms in total. The highest BCUT2D eigenvalue weighted by Crippen LogP contribution is 2.37. The van der Waals surface area contributed by atoms with Gasteiger partial charge in [0.25, 0.3) is 0 Å². The van der Waals surface area contributed by atoms with Gasteiger partial charge in [-0.25, -0.2) is 4.98 Å². The number of amides is 1. The van der Waals surface area contributed by atoms with Gasteiger partial charge in [0.15, 0.2) is 0 Å². The van der Waals surface area contributed by atoms with Crippen molar-refractivity contribution in [1.82, 2.24) is 14.5 Å². The van der Waals surface area contributed by atoms with Crippen LogP contribution in [0.1, 0.15) is 18.7 Å². The molecule has 1 aromatic carbocycles. The number of hydrogen-bond acceptors (Lipinski definition) is 4. The number of carbonyl (C=O) groups excluding carboxylic acids is 1. The summed E-state index contributed by atoms with van der Waals surface area (Å²) < 4.78 is 2.09. The van der Waals surface area contributed by atoms with E-state index in [0.29, 0.717) is 18.4 Å². The zero-order valence-electron chi connectivity index (χ0n) is 14.8. The summed E-state index contributed by atoms with van der Waals surface area (Å²) >= 11 is 1.73. The maximum atomic E-state index is 12.9. The maximum Gasteiger partial charge on any atom is 0.242 e. The van der Waals surface area contributed by atoms with Crippen molar-refractivity contribution in [3.63, 3.8) is 0 Å². The Labute approximate surface area is 170 Å². The molecular formula is C18H26Cl2N4OS. The maximum absolute atomic E-state index is 12.9. The number of thioether (sulfide) groups is 1. The number of para-hydroxylation sites is 2. The molecule has 2 aliphatic rings. The van der Waals surface area contributed by atoms with E-state index < -0.39 is 0 Å². The number of fused-ring (bicyclic) bond motifs is 2. The second kappa shape index (κ2) is 8.83. The molecule has 2 aromatic rings. The van der Waals surface area contributed by atoms with Gasteiger partial charge in [-0.05, 0) is 43.1 Å². The summed E-state index contributed by atoms with van der Waals surface area (Å²) in [6.07, 6.45) is 4.34. The monoisotopic (exact) mass is 416 g/mol. The molecule has 1 saturated carbocycles. The predicted octanol–water partition coefficient (Wildman–Crippen LogP) is 2.94. The fourth-order valence-electron chi connectivity index (χ4n) is 4.29. The average Bonchev–Trinajstić information content (AvgIpc) is 3.24. The van der Waals surface area contributed by atoms with Crippen molar-refractivity contribution in [3.05, 3.63) is 30.1 Å². The van der Waals surface area contributed by atoms with Crippen molar-refractivity contribution < 1.29 is 4.79 Å². The minimum atomic E-state index is 0. The topological polar surface area (TPSA) is 64.2 Å². The molecule has 26 heavy (non-hydrogen) atoms. The van der Waals surface area contributed by atoms with E-state index in [1.807, 2.05) is 29.2 Å². The van der Waals surface area contributed by atoms with Crippen LogP contribution in [0.2, 0.25) is 0 Å². The summed E-state index contributed by atoms with van der Waals surface area (Å²) in [5.41, 5.74) is 8.21. The number of aromatic nitrogens is 2. The lowest BCUT2D eigenvalue weighted by atomic mass is 9.98. The fraction of sp³-hybridized carbons (Fsp3) is 0.556. The highest BCUT2D eigenvalue weighted by atomic mass is 35.5. The quantitative estimate of drug-likeness (QED) is 0.831. The third-order valence-electron chi connectivity index (χ3n) is 5.57. The summed E-state index contributed by atoms with van der Waals surface area (Å²) in [4.78, 5) is 19.6. The smallest absolute Gasteiger partial charge is 0.242 e. The number of carbonyl (C=O) groups is 1. The number of nitrogens with zero attached hydrogens (tertiary/aromatic N) is 3. The number of nitrogens with two attached hydrogens (primary N) is 1. The van der Waals surface area contributed by atoms with E-state index in [2.05, 4.69) is 10.8 Å². The third kappa shape index (κ3) is 3.84. The molecule has 8 heteroatoms. The fourth-order valence-corrected chi connectivity index (χ4v) is 4.77. The zero-order valence-corrected chi connectivity index (χ0v) is 17.3. The molecule has 3 unspecified atom stereocenters. The van der Waals surface area contributed by atoms with E-state index in [1.54, 1.807) is 11.8 Å². The highest BCUT2D eigenvalue weighted by molar-refractivity contribution is 7.97. The van der Waals surface area contributed by atoms with Crippen LogP contribution >= 0.6 is 36.6 Å². The number of halogens is 2. The van der Waals surface area contributed by atoms with E-state index in [1.165, 1.54) is 6.42 Å². The normalized spacial score (nSPS) is 24.2. The van der Waals surface area contributed by atoms with Gasteiger partial charge in [0.05, 0.1) is 16.8 Å². The lowest BCUT2D eigenvalue weighted by Gasteiger charge is -2.20. The van der Waals surface area contributed by atoms with E-state index in [4.69, 9.17) is 10.7 Å². The molecule has 2 heterocycles. The molecule has 0 spiro atoms. The lowest BCUT2D eigenvalue weighted by molar-refractivity contribution is -0.131. The van der Waals surface area contributed by atoms with Crippen LogP contribution < -0.4 is 5.73 Å². The number of rotatable bonds is 4. The van der Waals surface area contributed by atoms with Crippen LogP contribution in [0.4, 0.5) is 0 Å². The Morgan fingerprint density at radius 3 is 2.77 bits per heavy atom. The van der Waals surface area contributed by atoms with Gasteiger partial charge in [-0.2, -0.15) is 11.8 Å². The van der Waals surface area contributed by atoms with E-state index in [9.17, 15) is 4.79 Å². The zero-order chi connectivity index (χ0) is 16.7. The molecule has 1 aliphatic heterocycles. The summed E-state index contributed by atoms with van der Waals surface area (Å²) in [6, 6.07) is 8.34. The SMILES string of the molecule is CSCc1nc2ccccc2n1CC(=O)N1CC2CCC(N)C2C1.Cl.Cl. The van der Waals surface area contributed by atoms with Gasteiger partial charge in [0, 0.05) is 19.1 Å². The molecule has 0 bridgehead atoms. The van der Waals surface area contributed by atoms with Gasteiger partial charge in [0.1, 0.15) is 12.4 Å². The molecule has 1 amide bonds. The van der Waals surface area contributed by atoms with Crippen LogP contribution in [-0.4, -0.2) is 45.7 Å². The molecule has 1 aliphatic carbocycles. The first-order valence-electron chi connectivity index (χ1n) is 8.64. The second-order valence-corrected chi connectivity index (χ2v) is 7.87. The minimum Gasteiger partial charge on any atom is -0.341 e.